The fourth-order valence-electron chi connectivity index (χ4n) is 3.35. The number of esters is 1. The molecule has 190 valence electrons. The molecule has 0 bridgehead atoms. The normalized spacial score (nSPS) is 15.4. The molecule has 2 N–H and O–H groups in total. The van der Waals surface area contributed by atoms with Crippen molar-refractivity contribution in [1.82, 2.24) is 10.2 Å². The van der Waals surface area contributed by atoms with Gasteiger partial charge in [0.25, 0.3) is 0 Å². The van der Waals surface area contributed by atoms with Gasteiger partial charge < -0.3 is 19.3 Å². The summed E-state index contributed by atoms with van der Waals surface area (Å²) < 4.78 is 15.8. The van der Waals surface area contributed by atoms with E-state index < -0.39 is 42.4 Å². The van der Waals surface area contributed by atoms with E-state index in [1.54, 1.807) is 24.3 Å². The number of hydrogen-bond acceptors (Lipinski definition) is 8. The van der Waals surface area contributed by atoms with Gasteiger partial charge in [-0.05, 0) is 29.7 Å². The summed E-state index contributed by atoms with van der Waals surface area (Å²) in [4.78, 5) is 60.0. The van der Waals surface area contributed by atoms with Crippen LogP contribution in [-0.2, 0) is 41.7 Å². The second-order valence-electron chi connectivity index (χ2n) is 7.89. The molecule has 36 heavy (non-hydrogen) atoms. The number of ether oxygens (including phenoxy) is 3. The van der Waals surface area contributed by atoms with Crippen molar-refractivity contribution >= 4 is 29.8 Å². The van der Waals surface area contributed by atoms with Crippen molar-refractivity contribution in [3.63, 3.8) is 0 Å². The first-order chi connectivity index (χ1) is 17.3. The van der Waals surface area contributed by atoms with Crippen molar-refractivity contribution in [2.75, 3.05) is 19.9 Å². The fourth-order valence-corrected chi connectivity index (χ4v) is 3.35. The van der Waals surface area contributed by atoms with E-state index in [9.17, 15) is 24.0 Å². The van der Waals surface area contributed by atoms with Crippen LogP contribution in [0.4, 0.5) is 4.79 Å². The van der Waals surface area contributed by atoms with Crippen LogP contribution < -0.4 is 10.1 Å². The summed E-state index contributed by atoms with van der Waals surface area (Å²) >= 11 is 0. The Kier molecular flexibility index (Phi) is 9.52. The van der Waals surface area contributed by atoms with Gasteiger partial charge in [0.2, 0.25) is 11.8 Å². The number of carboxylic acid groups (broad SMARTS) is 1. The van der Waals surface area contributed by atoms with Crippen LogP contribution in [0.3, 0.4) is 0 Å². The Morgan fingerprint density at radius 1 is 0.944 bits per heavy atom. The summed E-state index contributed by atoms with van der Waals surface area (Å²) in [6.07, 6.45) is -0.567. The quantitative estimate of drug-likeness (QED) is 0.240. The molecule has 1 saturated heterocycles. The summed E-state index contributed by atoms with van der Waals surface area (Å²) in [6.45, 7) is -0.390. The standard InChI is InChI=1S/C25H26N2O9/c28-21(29)9-10-22(30)35-12-11-34-16-27-24(32)20(23(31)26-25(27)33)14-18-7-4-8-19(13-18)36-15-17-5-2-1-3-6-17/h1-8,13,20H,9-12,14-16H2,(H,28,29)(H,26,31,33). The molecule has 0 saturated carbocycles. The average Bonchev–Trinajstić information content (AvgIpc) is 2.86. The number of carbonyl (C=O) groups is 5. The topological polar surface area (TPSA) is 149 Å². The van der Waals surface area contributed by atoms with E-state index in [2.05, 4.69) is 5.32 Å². The SMILES string of the molecule is O=C(O)CCC(=O)OCCOCN1C(=O)NC(=O)C(Cc2cccc(OCc3ccccc3)c2)C1=O. The summed E-state index contributed by atoms with van der Waals surface area (Å²) in [5.41, 5.74) is 1.67. The maximum atomic E-state index is 12.9. The highest BCUT2D eigenvalue weighted by Crippen LogP contribution is 2.21. The molecular weight excluding hydrogens is 472 g/mol. The van der Waals surface area contributed by atoms with Crippen LogP contribution in [0.1, 0.15) is 24.0 Å². The zero-order chi connectivity index (χ0) is 25.9. The number of benzene rings is 2. The second kappa shape index (κ2) is 13.0. The van der Waals surface area contributed by atoms with E-state index in [4.69, 9.17) is 19.3 Å². The van der Waals surface area contributed by atoms with Gasteiger partial charge in [-0.1, -0.05) is 42.5 Å². The number of rotatable bonds is 13. The van der Waals surface area contributed by atoms with E-state index in [0.717, 1.165) is 10.5 Å². The monoisotopic (exact) mass is 498 g/mol. The van der Waals surface area contributed by atoms with E-state index in [1.165, 1.54) is 0 Å². The van der Waals surface area contributed by atoms with Crippen molar-refractivity contribution in [3.8, 4) is 5.75 Å². The summed E-state index contributed by atoms with van der Waals surface area (Å²) in [7, 11) is 0. The lowest BCUT2D eigenvalue weighted by Crippen LogP contribution is -2.58. The molecule has 1 aliphatic rings. The largest absolute Gasteiger partial charge is 0.489 e. The Hall–Kier alpha value is -4.25. The van der Waals surface area contributed by atoms with Gasteiger partial charge in [0.15, 0.2) is 0 Å². The van der Waals surface area contributed by atoms with Crippen LogP contribution >= 0.6 is 0 Å². The third-order valence-corrected chi connectivity index (χ3v) is 5.20. The smallest absolute Gasteiger partial charge is 0.332 e. The number of carbonyl (C=O) groups excluding carboxylic acids is 4. The molecule has 11 heteroatoms. The van der Waals surface area contributed by atoms with Gasteiger partial charge in [-0.2, -0.15) is 0 Å². The second-order valence-corrected chi connectivity index (χ2v) is 7.89. The first-order valence-electron chi connectivity index (χ1n) is 11.2. The van der Waals surface area contributed by atoms with Gasteiger partial charge in [0, 0.05) is 0 Å². The Morgan fingerprint density at radius 2 is 1.69 bits per heavy atom. The van der Waals surface area contributed by atoms with Crippen molar-refractivity contribution in [1.29, 1.82) is 0 Å². The minimum atomic E-state index is -1.13. The third kappa shape index (κ3) is 7.91. The molecule has 1 atom stereocenters. The molecule has 0 radical (unpaired) electrons. The predicted octanol–water partition coefficient (Wildman–Crippen LogP) is 1.88. The highest BCUT2D eigenvalue weighted by atomic mass is 16.6. The number of barbiturate groups is 1. The van der Waals surface area contributed by atoms with Gasteiger partial charge in [-0.3, -0.25) is 24.5 Å². The number of imide groups is 2. The number of nitrogens with zero attached hydrogens (tertiary/aromatic N) is 1. The van der Waals surface area contributed by atoms with Gasteiger partial charge in [-0.25, -0.2) is 9.69 Å². The van der Waals surface area contributed by atoms with Crippen molar-refractivity contribution in [2.45, 2.75) is 25.9 Å². The molecule has 1 heterocycles. The molecule has 2 aromatic carbocycles. The van der Waals surface area contributed by atoms with Crippen molar-refractivity contribution in [2.24, 2.45) is 5.92 Å². The number of urea groups is 1. The highest BCUT2D eigenvalue weighted by Gasteiger charge is 2.40. The van der Waals surface area contributed by atoms with E-state index in [1.807, 2.05) is 30.3 Å². The van der Waals surface area contributed by atoms with Crippen molar-refractivity contribution in [3.05, 3.63) is 65.7 Å². The van der Waals surface area contributed by atoms with Crippen LogP contribution in [0, 0.1) is 5.92 Å². The Labute approximate surface area is 206 Å². The Bertz CT molecular complexity index is 1100. The minimum Gasteiger partial charge on any atom is -0.489 e. The van der Waals surface area contributed by atoms with E-state index in [0.29, 0.717) is 17.9 Å². The van der Waals surface area contributed by atoms with Gasteiger partial charge in [0.05, 0.1) is 19.4 Å². The first kappa shape index (κ1) is 26.4. The van der Waals surface area contributed by atoms with Crippen LogP contribution in [0.25, 0.3) is 0 Å². The van der Waals surface area contributed by atoms with Crippen LogP contribution in [-0.4, -0.2) is 59.7 Å². The lowest BCUT2D eigenvalue weighted by Gasteiger charge is -2.29. The van der Waals surface area contributed by atoms with Gasteiger partial charge in [-0.15, -0.1) is 0 Å². The van der Waals surface area contributed by atoms with Crippen molar-refractivity contribution < 1.29 is 43.3 Å². The number of aliphatic carboxylic acids is 1. The summed E-state index contributed by atoms with van der Waals surface area (Å²) in [5, 5.41) is 10.7. The average molecular weight is 498 g/mol. The molecular formula is C25H26N2O9. The number of hydrogen-bond donors (Lipinski definition) is 2. The lowest BCUT2D eigenvalue weighted by molar-refractivity contribution is -0.151. The molecule has 1 aliphatic heterocycles. The number of amides is 4. The molecule has 0 spiro atoms. The zero-order valence-corrected chi connectivity index (χ0v) is 19.4. The summed E-state index contributed by atoms with van der Waals surface area (Å²) in [5.74, 6) is -3.79. The molecule has 0 aliphatic carbocycles. The molecule has 11 nitrogen and oxygen atoms in total. The molecule has 4 amide bonds. The highest BCUT2D eigenvalue weighted by molar-refractivity contribution is 6.16. The van der Waals surface area contributed by atoms with Crippen LogP contribution in [0.15, 0.2) is 54.6 Å². The molecule has 3 rings (SSSR count). The van der Waals surface area contributed by atoms with Gasteiger partial charge >= 0.3 is 18.0 Å². The Balaban J connectivity index is 1.50. The fraction of sp³-hybridized carbons (Fsp3) is 0.320. The van der Waals surface area contributed by atoms with Crippen LogP contribution in [0.2, 0.25) is 0 Å². The Morgan fingerprint density at radius 3 is 2.44 bits per heavy atom. The van der Waals surface area contributed by atoms with Crippen LogP contribution in [0.5, 0.6) is 5.75 Å². The number of carboxylic acids is 1. The summed E-state index contributed by atoms with van der Waals surface area (Å²) in [6, 6.07) is 15.7. The molecule has 1 unspecified atom stereocenters. The van der Waals surface area contributed by atoms with E-state index >= 15 is 0 Å². The third-order valence-electron chi connectivity index (χ3n) is 5.20. The molecule has 0 aromatic heterocycles. The number of nitrogens with one attached hydrogen (secondary N) is 1. The predicted molar refractivity (Wildman–Crippen MR) is 123 cm³/mol. The molecule has 1 fully saturated rings. The first-order valence-corrected chi connectivity index (χ1v) is 11.2. The van der Waals surface area contributed by atoms with E-state index in [-0.39, 0.29) is 32.5 Å². The maximum absolute atomic E-state index is 12.9. The lowest BCUT2D eigenvalue weighted by atomic mass is 9.95. The maximum Gasteiger partial charge on any atom is 0.332 e. The minimum absolute atomic E-state index is 0.0537. The molecule has 2 aromatic rings. The zero-order valence-electron chi connectivity index (χ0n) is 19.4. The van der Waals surface area contributed by atoms with Gasteiger partial charge in [0.1, 0.15) is 31.6 Å².